The molecule has 26 heavy (non-hydrogen) atoms. The molecular formula is C18H22N4O3S. The van der Waals surface area contributed by atoms with Crippen LogP contribution in [0.5, 0.6) is 0 Å². The van der Waals surface area contributed by atoms with E-state index < -0.39 is 11.9 Å². The Kier molecular flexibility index (Phi) is 4.17. The smallest absolute Gasteiger partial charge is 0.249 e. The number of fused-ring (bicyclic) bond motifs is 1. The number of allylic oxidation sites excluding steroid dienone is 2. The first-order valence-electron chi connectivity index (χ1n) is 9.08. The van der Waals surface area contributed by atoms with Crippen molar-refractivity contribution >= 4 is 34.2 Å². The number of carbonyl (C=O) groups is 3. The van der Waals surface area contributed by atoms with Crippen LogP contribution in [0.4, 0.5) is 5.13 Å². The van der Waals surface area contributed by atoms with Crippen LogP contribution in [-0.2, 0) is 14.4 Å². The van der Waals surface area contributed by atoms with Crippen LogP contribution in [0.25, 0.3) is 0 Å². The maximum Gasteiger partial charge on any atom is 0.249 e. The number of imide groups is 1. The fourth-order valence-corrected chi connectivity index (χ4v) is 5.07. The summed E-state index contributed by atoms with van der Waals surface area (Å²) in [5.74, 6) is -0.938. The maximum absolute atomic E-state index is 12.9. The molecule has 1 aromatic rings. The quantitative estimate of drug-likeness (QED) is 0.644. The molecule has 0 radical (unpaired) electrons. The molecule has 1 aromatic heterocycles. The number of hydrogen-bond donors (Lipinski definition) is 1. The summed E-state index contributed by atoms with van der Waals surface area (Å²) in [6, 6.07) is -0.855. The second-order valence-electron chi connectivity index (χ2n) is 7.65. The van der Waals surface area contributed by atoms with E-state index >= 15 is 0 Å². The van der Waals surface area contributed by atoms with Crippen molar-refractivity contribution < 1.29 is 14.4 Å². The second kappa shape index (κ2) is 6.26. The molecule has 2 heterocycles. The molecule has 3 amide bonds. The van der Waals surface area contributed by atoms with Crippen molar-refractivity contribution in [3.8, 4) is 0 Å². The highest BCUT2D eigenvalue weighted by Gasteiger charge is 2.58. The highest BCUT2D eigenvalue weighted by Crippen LogP contribution is 2.49. The molecule has 1 saturated heterocycles. The van der Waals surface area contributed by atoms with Gasteiger partial charge in [-0.3, -0.25) is 24.6 Å². The molecule has 2 fully saturated rings. The number of carbonyl (C=O) groups excluding carboxylic acids is 3. The van der Waals surface area contributed by atoms with Gasteiger partial charge in [0.15, 0.2) is 0 Å². The van der Waals surface area contributed by atoms with Crippen LogP contribution in [0.2, 0.25) is 0 Å². The third-order valence-corrected chi connectivity index (χ3v) is 6.86. The lowest BCUT2D eigenvalue weighted by Crippen LogP contribution is -2.46. The SMILES string of the molecule is CC(C)c1nnc(NC(=O)[C@H](C)N2C(=O)[C@@H]3[C@H](C2=O)[C@H]2C=C[C@H]3CC2)s1. The minimum absolute atomic E-state index is 0.124. The highest BCUT2D eigenvalue weighted by molar-refractivity contribution is 7.15. The number of nitrogens with zero attached hydrogens (tertiary/aromatic N) is 3. The Morgan fingerprint density at radius 1 is 1.12 bits per heavy atom. The van der Waals surface area contributed by atoms with Gasteiger partial charge in [-0.05, 0) is 31.6 Å². The summed E-state index contributed by atoms with van der Waals surface area (Å²) in [5.41, 5.74) is 0. The second-order valence-corrected chi connectivity index (χ2v) is 8.66. The predicted octanol–water partition coefficient (Wildman–Crippen LogP) is 2.19. The first-order chi connectivity index (χ1) is 12.4. The molecule has 1 aliphatic heterocycles. The topological polar surface area (TPSA) is 92.3 Å². The first-order valence-corrected chi connectivity index (χ1v) is 9.89. The number of rotatable bonds is 4. The normalized spacial score (nSPS) is 30.8. The molecule has 3 aliphatic carbocycles. The van der Waals surface area contributed by atoms with Crippen molar-refractivity contribution in [3.05, 3.63) is 17.2 Å². The number of likely N-dealkylation sites (tertiary alicyclic amines) is 1. The van der Waals surface area contributed by atoms with Crippen LogP contribution in [0.3, 0.4) is 0 Å². The van der Waals surface area contributed by atoms with Crippen LogP contribution in [0.1, 0.15) is 44.5 Å². The first kappa shape index (κ1) is 17.3. The monoisotopic (exact) mass is 374 g/mol. The zero-order valence-electron chi connectivity index (χ0n) is 15.0. The van der Waals surface area contributed by atoms with E-state index in [0.717, 1.165) is 17.8 Å². The molecule has 1 saturated carbocycles. The molecule has 4 aliphatic rings. The van der Waals surface area contributed by atoms with Crippen LogP contribution in [0.15, 0.2) is 12.2 Å². The van der Waals surface area contributed by atoms with Crippen molar-refractivity contribution in [2.75, 3.05) is 5.32 Å². The number of hydrogen-bond acceptors (Lipinski definition) is 6. The number of anilines is 1. The maximum atomic E-state index is 12.9. The lowest BCUT2D eigenvalue weighted by atomic mass is 9.63. The standard InChI is InChI=1S/C18H22N4O3S/c1-8(2)15-20-21-18(26-15)19-14(23)9(3)22-16(24)12-10-4-5-11(7-6-10)13(12)17(22)25/h4-5,8-13H,6-7H2,1-3H3,(H,19,21,23)/t9-,10-,11-,12-,13+/m0/s1. The Balaban J connectivity index is 1.50. The third-order valence-electron chi connectivity index (χ3n) is 5.72. The summed E-state index contributed by atoms with van der Waals surface area (Å²) >= 11 is 1.31. The zero-order chi connectivity index (χ0) is 18.6. The fraction of sp³-hybridized carbons (Fsp3) is 0.611. The van der Waals surface area contributed by atoms with Crippen LogP contribution < -0.4 is 5.32 Å². The molecule has 0 aromatic carbocycles. The average Bonchev–Trinajstić information content (AvgIpc) is 3.20. The van der Waals surface area contributed by atoms with E-state index in [4.69, 9.17) is 0 Å². The molecule has 0 spiro atoms. The van der Waals surface area contributed by atoms with Gasteiger partial charge in [0.2, 0.25) is 22.9 Å². The Hall–Kier alpha value is -2.09. The molecule has 2 bridgehead atoms. The summed E-state index contributed by atoms with van der Waals surface area (Å²) < 4.78 is 0. The van der Waals surface area contributed by atoms with Crippen molar-refractivity contribution in [3.63, 3.8) is 0 Å². The molecule has 1 N–H and O–H groups in total. The van der Waals surface area contributed by atoms with Gasteiger partial charge in [-0.25, -0.2) is 0 Å². The Bertz CT molecular complexity index is 770. The van der Waals surface area contributed by atoms with Crippen molar-refractivity contribution in [2.24, 2.45) is 23.7 Å². The van der Waals surface area contributed by atoms with Gasteiger partial charge in [0.05, 0.1) is 11.8 Å². The Labute approximate surface area is 155 Å². The summed E-state index contributed by atoms with van der Waals surface area (Å²) in [4.78, 5) is 39.6. The Morgan fingerprint density at radius 3 is 2.15 bits per heavy atom. The lowest BCUT2D eigenvalue weighted by molar-refractivity contribution is -0.146. The minimum atomic E-state index is -0.855. The van der Waals surface area contributed by atoms with Crippen LogP contribution >= 0.6 is 11.3 Å². The van der Waals surface area contributed by atoms with Gasteiger partial charge in [0.25, 0.3) is 0 Å². The van der Waals surface area contributed by atoms with Gasteiger partial charge in [-0.2, -0.15) is 0 Å². The molecule has 5 atom stereocenters. The molecule has 0 unspecified atom stereocenters. The van der Waals surface area contributed by atoms with E-state index in [2.05, 4.69) is 27.7 Å². The average molecular weight is 374 g/mol. The molecular weight excluding hydrogens is 352 g/mol. The summed E-state index contributed by atoms with van der Waals surface area (Å²) in [7, 11) is 0. The van der Waals surface area contributed by atoms with E-state index in [1.807, 2.05) is 13.8 Å². The highest BCUT2D eigenvalue weighted by atomic mass is 32.1. The van der Waals surface area contributed by atoms with Gasteiger partial charge >= 0.3 is 0 Å². The molecule has 7 nitrogen and oxygen atoms in total. The van der Waals surface area contributed by atoms with Crippen molar-refractivity contribution in [1.29, 1.82) is 0 Å². The Morgan fingerprint density at radius 2 is 1.69 bits per heavy atom. The summed E-state index contributed by atoms with van der Waals surface area (Å²) in [6.45, 7) is 5.60. The zero-order valence-corrected chi connectivity index (χ0v) is 15.8. The predicted molar refractivity (Wildman–Crippen MR) is 96.3 cm³/mol. The van der Waals surface area contributed by atoms with Crippen LogP contribution in [-0.4, -0.2) is 38.9 Å². The third kappa shape index (κ3) is 2.58. The number of amides is 3. The minimum Gasteiger partial charge on any atom is -0.299 e. The van der Waals surface area contributed by atoms with Crippen LogP contribution in [0, 0.1) is 23.7 Å². The van der Waals surface area contributed by atoms with Gasteiger partial charge < -0.3 is 0 Å². The largest absolute Gasteiger partial charge is 0.299 e. The summed E-state index contributed by atoms with van der Waals surface area (Å²) in [5, 5.41) is 11.9. The van der Waals surface area contributed by atoms with Gasteiger partial charge in [0.1, 0.15) is 11.0 Å². The van der Waals surface area contributed by atoms with Gasteiger partial charge in [-0.1, -0.05) is 37.3 Å². The van der Waals surface area contributed by atoms with Gasteiger partial charge in [0, 0.05) is 5.92 Å². The van der Waals surface area contributed by atoms with E-state index in [1.165, 1.54) is 16.2 Å². The molecule has 138 valence electrons. The number of nitrogens with one attached hydrogen (secondary N) is 1. The van der Waals surface area contributed by atoms with Gasteiger partial charge in [-0.15, -0.1) is 10.2 Å². The molecule has 8 heteroatoms. The molecule has 5 rings (SSSR count). The van der Waals surface area contributed by atoms with Crippen molar-refractivity contribution in [2.45, 2.75) is 45.6 Å². The van der Waals surface area contributed by atoms with Crippen molar-refractivity contribution in [1.82, 2.24) is 15.1 Å². The fourth-order valence-electron chi connectivity index (χ4n) is 4.32. The van der Waals surface area contributed by atoms with E-state index in [0.29, 0.717) is 5.13 Å². The lowest BCUT2D eigenvalue weighted by Gasteiger charge is -2.38. The van der Waals surface area contributed by atoms with E-state index in [1.54, 1.807) is 6.92 Å². The summed E-state index contributed by atoms with van der Waals surface area (Å²) in [6.07, 6.45) is 6.03. The number of aromatic nitrogens is 2. The van der Waals surface area contributed by atoms with E-state index in [-0.39, 0.29) is 41.4 Å². The van der Waals surface area contributed by atoms with E-state index in [9.17, 15) is 14.4 Å².